The van der Waals surface area contributed by atoms with Gasteiger partial charge in [-0.1, -0.05) is 6.07 Å². The molecule has 0 radical (unpaired) electrons. The van der Waals surface area contributed by atoms with Crippen LogP contribution >= 0.6 is 0 Å². The fourth-order valence-electron chi connectivity index (χ4n) is 1.80. The maximum atomic E-state index is 5.80. The van der Waals surface area contributed by atoms with Crippen molar-refractivity contribution in [3.63, 3.8) is 0 Å². The van der Waals surface area contributed by atoms with Gasteiger partial charge in [0.15, 0.2) is 0 Å². The normalized spacial score (nSPS) is 10.2. The quantitative estimate of drug-likeness (QED) is 0.793. The minimum Gasteiger partial charge on any atom is -0.399 e. The van der Waals surface area contributed by atoms with Gasteiger partial charge in [0.2, 0.25) is 0 Å². The predicted molar refractivity (Wildman–Crippen MR) is 71.9 cm³/mol. The largest absolute Gasteiger partial charge is 0.399 e. The number of nitrogens with two attached hydrogens (primary N) is 1. The Morgan fingerprint density at radius 2 is 2.06 bits per heavy atom. The number of hydrogen-bond acceptors (Lipinski definition) is 3. The SMILES string of the molecule is Cc1cc(N)cc(NCc2ncccc2C)c1. The minimum atomic E-state index is 0.718. The Bertz CT molecular complexity index is 500. The smallest absolute Gasteiger partial charge is 0.0623 e. The lowest BCUT2D eigenvalue weighted by Gasteiger charge is -2.09. The lowest BCUT2D eigenvalue weighted by atomic mass is 10.2. The van der Waals surface area contributed by atoms with Gasteiger partial charge >= 0.3 is 0 Å². The number of aryl methyl sites for hydroxylation is 2. The molecule has 17 heavy (non-hydrogen) atoms. The van der Waals surface area contributed by atoms with Crippen molar-refractivity contribution in [1.29, 1.82) is 0 Å². The van der Waals surface area contributed by atoms with Gasteiger partial charge in [0.1, 0.15) is 0 Å². The molecule has 0 aliphatic heterocycles. The zero-order valence-corrected chi connectivity index (χ0v) is 10.2. The molecule has 88 valence electrons. The lowest BCUT2D eigenvalue weighted by molar-refractivity contribution is 1.02. The molecular weight excluding hydrogens is 210 g/mol. The Morgan fingerprint density at radius 1 is 1.24 bits per heavy atom. The van der Waals surface area contributed by atoms with Crippen molar-refractivity contribution in [2.45, 2.75) is 20.4 Å². The minimum absolute atomic E-state index is 0.718. The summed E-state index contributed by atoms with van der Waals surface area (Å²) in [5.74, 6) is 0. The molecule has 0 atom stereocenters. The van der Waals surface area contributed by atoms with E-state index < -0.39 is 0 Å². The average Bonchev–Trinajstić information content (AvgIpc) is 2.27. The number of aromatic nitrogens is 1. The van der Waals surface area contributed by atoms with Gasteiger partial charge in [-0.15, -0.1) is 0 Å². The van der Waals surface area contributed by atoms with Crippen molar-refractivity contribution >= 4 is 11.4 Å². The van der Waals surface area contributed by atoms with Crippen molar-refractivity contribution in [2.24, 2.45) is 0 Å². The second kappa shape index (κ2) is 4.87. The molecule has 0 bridgehead atoms. The molecule has 0 fully saturated rings. The zero-order valence-electron chi connectivity index (χ0n) is 10.2. The molecule has 3 heteroatoms. The monoisotopic (exact) mass is 227 g/mol. The molecule has 0 aliphatic carbocycles. The number of rotatable bonds is 3. The number of benzene rings is 1. The molecule has 1 aromatic heterocycles. The topological polar surface area (TPSA) is 50.9 Å². The van der Waals surface area contributed by atoms with Crippen molar-refractivity contribution < 1.29 is 0 Å². The zero-order chi connectivity index (χ0) is 12.3. The number of pyridine rings is 1. The van der Waals surface area contributed by atoms with Gasteiger partial charge in [-0.2, -0.15) is 0 Å². The van der Waals surface area contributed by atoms with Gasteiger partial charge < -0.3 is 11.1 Å². The molecule has 0 spiro atoms. The second-order valence-electron chi connectivity index (χ2n) is 4.25. The lowest BCUT2D eigenvalue weighted by Crippen LogP contribution is -2.04. The van der Waals surface area contributed by atoms with Gasteiger partial charge in [-0.25, -0.2) is 0 Å². The molecule has 0 aliphatic rings. The third-order valence-electron chi connectivity index (χ3n) is 2.68. The van der Waals surface area contributed by atoms with E-state index >= 15 is 0 Å². The van der Waals surface area contributed by atoms with Crippen molar-refractivity contribution in [3.8, 4) is 0 Å². The second-order valence-corrected chi connectivity index (χ2v) is 4.25. The van der Waals surface area contributed by atoms with Crippen LogP contribution in [0.15, 0.2) is 36.5 Å². The van der Waals surface area contributed by atoms with E-state index in [1.54, 1.807) is 0 Å². The molecule has 1 aromatic carbocycles. The van der Waals surface area contributed by atoms with Crippen LogP contribution in [0.4, 0.5) is 11.4 Å². The summed E-state index contributed by atoms with van der Waals surface area (Å²) in [5.41, 5.74) is 11.0. The summed E-state index contributed by atoms with van der Waals surface area (Å²) < 4.78 is 0. The summed E-state index contributed by atoms with van der Waals surface area (Å²) in [6.45, 7) is 4.82. The number of nitrogen functional groups attached to an aromatic ring is 1. The molecule has 0 amide bonds. The van der Waals surface area contributed by atoms with Gasteiger partial charge in [0.05, 0.1) is 12.2 Å². The first kappa shape index (κ1) is 11.5. The molecule has 0 saturated carbocycles. The Hall–Kier alpha value is -2.03. The molecule has 3 N–H and O–H groups in total. The fraction of sp³-hybridized carbons (Fsp3) is 0.214. The Balaban J connectivity index is 2.10. The van der Waals surface area contributed by atoms with Crippen LogP contribution in [0.2, 0.25) is 0 Å². The summed E-state index contributed by atoms with van der Waals surface area (Å²) in [5, 5.41) is 3.34. The summed E-state index contributed by atoms with van der Waals surface area (Å²) >= 11 is 0. The highest BCUT2D eigenvalue weighted by Crippen LogP contribution is 2.17. The molecule has 2 rings (SSSR count). The van der Waals surface area contributed by atoms with E-state index in [-0.39, 0.29) is 0 Å². The van der Waals surface area contributed by atoms with Crippen molar-refractivity contribution in [3.05, 3.63) is 53.3 Å². The molecule has 0 unspecified atom stereocenters. The first-order valence-corrected chi connectivity index (χ1v) is 5.66. The van der Waals surface area contributed by atoms with Crippen LogP contribution in [0.25, 0.3) is 0 Å². The predicted octanol–water partition coefficient (Wildman–Crippen LogP) is 2.89. The average molecular weight is 227 g/mol. The van der Waals surface area contributed by atoms with Crippen LogP contribution in [-0.4, -0.2) is 4.98 Å². The van der Waals surface area contributed by atoms with E-state index in [9.17, 15) is 0 Å². The Labute approximate surface area is 102 Å². The first-order valence-electron chi connectivity index (χ1n) is 5.66. The van der Waals surface area contributed by atoms with Crippen molar-refractivity contribution in [2.75, 3.05) is 11.1 Å². The van der Waals surface area contributed by atoms with E-state index in [2.05, 4.69) is 29.4 Å². The van der Waals surface area contributed by atoms with E-state index in [0.29, 0.717) is 0 Å². The summed E-state index contributed by atoms with van der Waals surface area (Å²) in [6, 6.07) is 9.98. The Morgan fingerprint density at radius 3 is 2.76 bits per heavy atom. The van der Waals surface area contributed by atoms with Gasteiger partial charge in [-0.05, 0) is 49.2 Å². The standard InChI is InChI=1S/C14H17N3/c1-10-6-12(15)8-13(7-10)17-9-14-11(2)4-3-5-16-14/h3-8,17H,9,15H2,1-2H3. The molecule has 2 aromatic rings. The number of nitrogens with one attached hydrogen (secondary N) is 1. The number of nitrogens with zero attached hydrogens (tertiary/aromatic N) is 1. The van der Waals surface area contributed by atoms with E-state index in [1.165, 1.54) is 5.56 Å². The van der Waals surface area contributed by atoms with Crippen LogP contribution < -0.4 is 11.1 Å². The fourth-order valence-corrected chi connectivity index (χ4v) is 1.80. The maximum Gasteiger partial charge on any atom is 0.0623 e. The van der Waals surface area contributed by atoms with Crippen LogP contribution in [0, 0.1) is 13.8 Å². The van der Waals surface area contributed by atoms with Gasteiger partial charge in [0, 0.05) is 17.6 Å². The summed E-state index contributed by atoms with van der Waals surface area (Å²) in [7, 11) is 0. The summed E-state index contributed by atoms with van der Waals surface area (Å²) in [6.07, 6.45) is 1.81. The van der Waals surface area contributed by atoms with Gasteiger partial charge in [-0.3, -0.25) is 4.98 Å². The highest BCUT2D eigenvalue weighted by atomic mass is 14.9. The maximum absolute atomic E-state index is 5.80. The molecular formula is C14H17N3. The number of anilines is 2. The van der Waals surface area contributed by atoms with Gasteiger partial charge in [0.25, 0.3) is 0 Å². The van der Waals surface area contributed by atoms with Crippen LogP contribution in [0.5, 0.6) is 0 Å². The van der Waals surface area contributed by atoms with E-state index in [1.807, 2.05) is 31.3 Å². The molecule has 3 nitrogen and oxygen atoms in total. The third-order valence-corrected chi connectivity index (χ3v) is 2.68. The molecule has 0 saturated heterocycles. The van der Waals surface area contributed by atoms with Crippen LogP contribution in [0.3, 0.4) is 0 Å². The molecule has 1 heterocycles. The Kier molecular flexibility index (Phi) is 3.28. The summed E-state index contributed by atoms with van der Waals surface area (Å²) in [4.78, 5) is 4.34. The van der Waals surface area contributed by atoms with E-state index in [0.717, 1.165) is 29.2 Å². The van der Waals surface area contributed by atoms with Crippen LogP contribution in [-0.2, 0) is 6.54 Å². The first-order chi connectivity index (χ1) is 8.15. The van der Waals surface area contributed by atoms with Crippen molar-refractivity contribution in [1.82, 2.24) is 4.98 Å². The third kappa shape index (κ3) is 2.97. The highest BCUT2D eigenvalue weighted by molar-refractivity contribution is 5.56. The number of hydrogen-bond donors (Lipinski definition) is 2. The van der Waals surface area contributed by atoms with E-state index in [4.69, 9.17) is 5.73 Å². The van der Waals surface area contributed by atoms with Crippen LogP contribution in [0.1, 0.15) is 16.8 Å². The highest BCUT2D eigenvalue weighted by Gasteiger charge is 2.00.